The Morgan fingerprint density at radius 1 is 1.11 bits per heavy atom. The normalized spacial score (nSPS) is 15.8. The molecule has 2 aliphatic heterocycles. The highest BCUT2D eigenvalue weighted by atomic mass is 16.5. The largest absolute Gasteiger partial charge is 0.372 e. The van der Waals surface area contributed by atoms with E-state index in [2.05, 4.69) is 66.5 Å². The lowest BCUT2D eigenvalue weighted by Gasteiger charge is -2.34. The number of amides is 1. The van der Waals surface area contributed by atoms with E-state index < -0.39 is 0 Å². The molecule has 0 radical (unpaired) electrons. The first-order chi connectivity index (χ1) is 17.6. The van der Waals surface area contributed by atoms with E-state index in [9.17, 15) is 4.79 Å². The number of aromatic nitrogens is 4. The molecule has 11 heteroatoms. The highest BCUT2D eigenvalue weighted by Gasteiger charge is 2.19. The van der Waals surface area contributed by atoms with Gasteiger partial charge in [0.25, 0.3) is 5.91 Å². The van der Waals surface area contributed by atoms with Crippen LogP contribution in [-0.2, 0) is 17.9 Å². The average Bonchev–Trinajstić information content (AvgIpc) is 3.31. The second-order valence-corrected chi connectivity index (χ2v) is 8.83. The minimum Gasteiger partial charge on any atom is -0.372 e. The highest BCUT2D eigenvalue weighted by Crippen LogP contribution is 2.24. The number of likely N-dealkylation sites (N-methyl/N-ethyl adjacent to an activating group) is 1. The van der Waals surface area contributed by atoms with Crippen molar-refractivity contribution in [2.24, 2.45) is 0 Å². The van der Waals surface area contributed by atoms with Crippen LogP contribution in [0.4, 0.5) is 29.0 Å². The molecule has 0 atom stereocenters. The molecular formula is C25H31N9O2. The first-order valence-corrected chi connectivity index (χ1v) is 12.1. The molecule has 36 heavy (non-hydrogen) atoms. The number of ether oxygens (including phenoxy) is 1. The second kappa shape index (κ2) is 10.8. The average molecular weight is 490 g/mol. The van der Waals surface area contributed by atoms with Gasteiger partial charge in [-0.25, -0.2) is 9.97 Å². The topological polar surface area (TPSA) is 112 Å². The quantitative estimate of drug-likeness (QED) is 0.411. The Morgan fingerprint density at radius 2 is 1.92 bits per heavy atom. The molecule has 3 N–H and O–H groups in total. The van der Waals surface area contributed by atoms with Crippen LogP contribution in [0.5, 0.6) is 0 Å². The Bertz CT molecular complexity index is 1190. The smallest absolute Gasteiger partial charge is 0.256 e. The molecule has 5 rings (SSSR count). The number of imidazole rings is 1. The molecule has 1 saturated heterocycles. The Morgan fingerprint density at radius 3 is 2.67 bits per heavy atom. The number of nitrogens with zero attached hydrogens (tertiary/aromatic N) is 6. The first-order valence-electron chi connectivity index (χ1n) is 12.1. The van der Waals surface area contributed by atoms with Gasteiger partial charge in [-0.3, -0.25) is 4.79 Å². The first kappa shape index (κ1) is 23.8. The van der Waals surface area contributed by atoms with Crippen molar-refractivity contribution in [3.05, 3.63) is 60.7 Å². The highest BCUT2D eigenvalue weighted by molar-refractivity contribution is 5.99. The molecule has 0 bridgehead atoms. The van der Waals surface area contributed by atoms with E-state index in [1.807, 2.05) is 22.9 Å². The molecular weight excluding hydrogens is 458 g/mol. The summed E-state index contributed by atoms with van der Waals surface area (Å²) in [5.74, 6) is 1.85. The molecule has 4 heterocycles. The predicted octanol–water partition coefficient (Wildman–Crippen LogP) is 2.36. The number of rotatable bonds is 8. The fourth-order valence-corrected chi connectivity index (χ4v) is 4.18. The predicted molar refractivity (Wildman–Crippen MR) is 139 cm³/mol. The minimum atomic E-state index is -0.298. The molecule has 0 spiro atoms. The van der Waals surface area contributed by atoms with Gasteiger partial charge in [-0.2, -0.15) is 4.98 Å². The summed E-state index contributed by atoms with van der Waals surface area (Å²) in [6.45, 7) is 9.97. The fraction of sp³-hybridized carbons (Fsp3) is 0.360. The van der Waals surface area contributed by atoms with Crippen molar-refractivity contribution in [1.29, 1.82) is 0 Å². The van der Waals surface area contributed by atoms with E-state index in [1.54, 1.807) is 6.08 Å². The number of carbonyl (C=O) groups excluding carboxylic acids is 1. The number of carbonyl (C=O) groups is 1. The van der Waals surface area contributed by atoms with Gasteiger partial charge < -0.3 is 35.1 Å². The number of nitrogens with one attached hydrogen (secondary N) is 3. The zero-order valence-electron chi connectivity index (χ0n) is 20.4. The molecule has 1 aromatic carbocycles. The Hall–Kier alpha value is -3.96. The Labute approximate surface area is 210 Å². The van der Waals surface area contributed by atoms with Crippen LogP contribution in [0.2, 0.25) is 0 Å². The van der Waals surface area contributed by atoms with Gasteiger partial charge in [0.15, 0.2) is 0 Å². The molecule has 188 valence electrons. The lowest BCUT2D eigenvalue weighted by molar-refractivity contribution is 0.0816. The van der Waals surface area contributed by atoms with E-state index in [1.165, 1.54) is 11.9 Å². The molecule has 0 unspecified atom stereocenters. The van der Waals surface area contributed by atoms with Crippen molar-refractivity contribution < 1.29 is 9.53 Å². The maximum atomic E-state index is 12.7. The lowest BCUT2D eigenvalue weighted by atomic mass is 10.2. The third-order valence-corrected chi connectivity index (χ3v) is 6.25. The van der Waals surface area contributed by atoms with Gasteiger partial charge >= 0.3 is 0 Å². The van der Waals surface area contributed by atoms with Crippen molar-refractivity contribution in [1.82, 2.24) is 29.7 Å². The molecule has 3 aromatic rings. The van der Waals surface area contributed by atoms with Gasteiger partial charge in [0.05, 0.1) is 6.61 Å². The van der Waals surface area contributed by atoms with Crippen molar-refractivity contribution in [2.45, 2.75) is 13.2 Å². The van der Waals surface area contributed by atoms with Gasteiger partial charge in [-0.15, -0.1) is 6.58 Å². The Balaban J connectivity index is 1.35. The van der Waals surface area contributed by atoms with Gasteiger partial charge in [0, 0.05) is 63.0 Å². The molecule has 1 amide bonds. The molecule has 2 aromatic heterocycles. The number of hydrogen-bond donors (Lipinski definition) is 3. The second-order valence-electron chi connectivity index (χ2n) is 8.83. The number of benzene rings is 1. The fourth-order valence-electron chi connectivity index (χ4n) is 4.18. The number of piperazine rings is 1. The zero-order valence-corrected chi connectivity index (χ0v) is 20.4. The maximum Gasteiger partial charge on any atom is 0.256 e. The third kappa shape index (κ3) is 5.47. The summed E-state index contributed by atoms with van der Waals surface area (Å²) in [6, 6.07) is 8.22. The van der Waals surface area contributed by atoms with Crippen LogP contribution >= 0.6 is 0 Å². The van der Waals surface area contributed by atoms with E-state index in [4.69, 9.17) is 4.74 Å². The zero-order chi connectivity index (χ0) is 24.9. The van der Waals surface area contributed by atoms with Crippen LogP contribution in [0.3, 0.4) is 0 Å². The minimum absolute atomic E-state index is 0.298. The van der Waals surface area contributed by atoms with E-state index in [0.717, 1.165) is 44.2 Å². The summed E-state index contributed by atoms with van der Waals surface area (Å²) in [5.41, 5.74) is 2.37. The summed E-state index contributed by atoms with van der Waals surface area (Å²) in [4.78, 5) is 31.0. The van der Waals surface area contributed by atoms with Crippen molar-refractivity contribution in [3.8, 4) is 0 Å². The van der Waals surface area contributed by atoms with Gasteiger partial charge in [0.2, 0.25) is 5.95 Å². The standard InChI is InChI=1S/C25H31N9O2/c1-3-8-26-24(35)20-15-27-25(31-23(20)30-21-16-34-13-14-36-17-22(34)29-21)28-18-4-6-19(7-5-18)33-11-9-32(2)10-12-33/h3-7,15-16H,1,8-14,17H2,2H3,(H,26,35)(H2,27,28,30,31). The molecule has 0 saturated carbocycles. The number of fused-ring (bicyclic) bond motifs is 1. The molecule has 11 nitrogen and oxygen atoms in total. The van der Waals surface area contributed by atoms with Gasteiger partial charge in [-0.1, -0.05) is 6.08 Å². The summed E-state index contributed by atoms with van der Waals surface area (Å²) >= 11 is 0. The monoisotopic (exact) mass is 489 g/mol. The molecule has 2 aliphatic rings. The van der Waals surface area contributed by atoms with E-state index in [-0.39, 0.29) is 5.91 Å². The summed E-state index contributed by atoms with van der Waals surface area (Å²) < 4.78 is 7.51. The van der Waals surface area contributed by atoms with Gasteiger partial charge in [-0.05, 0) is 31.3 Å². The summed E-state index contributed by atoms with van der Waals surface area (Å²) in [6.07, 6.45) is 5.03. The van der Waals surface area contributed by atoms with Crippen molar-refractivity contribution in [2.75, 3.05) is 61.9 Å². The third-order valence-electron chi connectivity index (χ3n) is 6.25. The van der Waals surface area contributed by atoms with Crippen LogP contribution in [0.25, 0.3) is 0 Å². The summed E-state index contributed by atoms with van der Waals surface area (Å²) in [5, 5.41) is 9.22. The maximum absolute atomic E-state index is 12.7. The molecule has 1 fully saturated rings. The van der Waals surface area contributed by atoms with E-state index in [0.29, 0.717) is 42.9 Å². The van der Waals surface area contributed by atoms with Gasteiger partial charge in [0.1, 0.15) is 29.6 Å². The van der Waals surface area contributed by atoms with Crippen molar-refractivity contribution in [3.63, 3.8) is 0 Å². The van der Waals surface area contributed by atoms with E-state index >= 15 is 0 Å². The van der Waals surface area contributed by atoms with Crippen LogP contribution in [0, 0.1) is 0 Å². The molecule has 0 aliphatic carbocycles. The SMILES string of the molecule is C=CCNC(=O)c1cnc(Nc2ccc(N3CCN(C)CC3)cc2)nc1Nc1cn2c(n1)COCC2. The van der Waals surface area contributed by atoms with Crippen LogP contribution in [0.1, 0.15) is 16.2 Å². The van der Waals surface area contributed by atoms with Crippen LogP contribution < -0.4 is 20.9 Å². The summed E-state index contributed by atoms with van der Waals surface area (Å²) in [7, 11) is 2.15. The Kier molecular flexibility index (Phi) is 7.10. The van der Waals surface area contributed by atoms with Crippen LogP contribution in [0.15, 0.2) is 49.3 Å². The number of hydrogen-bond acceptors (Lipinski definition) is 9. The number of anilines is 5. The lowest BCUT2D eigenvalue weighted by Crippen LogP contribution is -2.44. The van der Waals surface area contributed by atoms with Crippen LogP contribution in [-0.4, -0.2) is 76.7 Å². The van der Waals surface area contributed by atoms with Crippen molar-refractivity contribution >= 4 is 34.9 Å².